The van der Waals surface area contributed by atoms with Crippen molar-refractivity contribution in [1.82, 2.24) is 25.6 Å². The number of para-hydroxylation sites is 1. The first-order chi connectivity index (χ1) is 13.1. The van der Waals surface area contributed by atoms with E-state index >= 15 is 0 Å². The van der Waals surface area contributed by atoms with E-state index in [4.69, 9.17) is 0 Å². The van der Waals surface area contributed by atoms with E-state index in [0.717, 1.165) is 11.3 Å². The van der Waals surface area contributed by atoms with Gasteiger partial charge in [-0.2, -0.15) is 0 Å². The van der Waals surface area contributed by atoms with Crippen LogP contribution in [0.1, 0.15) is 30.9 Å². The van der Waals surface area contributed by atoms with Crippen LogP contribution in [-0.2, 0) is 4.79 Å². The Bertz CT molecular complexity index is 865. The van der Waals surface area contributed by atoms with Gasteiger partial charge in [0.25, 0.3) is 0 Å². The van der Waals surface area contributed by atoms with Crippen LogP contribution in [0.4, 0.5) is 0 Å². The average Bonchev–Trinajstić information content (AvgIpc) is 3.18. The van der Waals surface area contributed by atoms with Gasteiger partial charge < -0.3 is 0 Å². The van der Waals surface area contributed by atoms with Crippen LogP contribution in [0.15, 0.2) is 60.7 Å². The maximum absolute atomic E-state index is 12.4. The Kier molecular flexibility index (Phi) is 5.61. The molecule has 7 heteroatoms. The maximum Gasteiger partial charge on any atom is 0.309 e. The molecule has 27 heavy (non-hydrogen) atoms. The highest BCUT2D eigenvalue weighted by molar-refractivity contribution is 5.92. The van der Waals surface area contributed by atoms with Crippen molar-refractivity contribution in [2.45, 2.75) is 20.3 Å². The summed E-state index contributed by atoms with van der Waals surface area (Å²) in [6.07, 6.45) is 0.681. The average molecular weight is 363 g/mol. The van der Waals surface area contributed by atoms with Crippen LogP contribution in [-0.4, -0.2) is 26.6 Å². The topological polar surface area (TPSA) is 88.9 Å². The van der Waals surface area contributed by atoms with Crippen LogP contribution in [0.2, 0.25) is 0 Å². The van der Waals surface area contributed by atoms with Crippen molar-refractivity contribution >= 4 is 11.8 Å². The number of hydrogen-bond acceptors (Lipinski definition) is 4. The lowest BCUT2D eigenvalue weighted by Gasteiger charge is -2.09. The molecule has 1 atom stereocenters. The number of nitrogens with zero attached hydrogens (tertiary/aromatic N) is 3. The zero-order valence-corrected chi connectivity index (χ0v) is 15.2. The second kappa shape index (κ2) is 8.27. The summed E-state index contributed by atoms with van der Waals surface area (Å²) in [5.41, 5.74) is 6.41. The molecule has 3 rings (SSSR count). The monoisotopic (exact) mass is 363 g/mol. The standard InChI is InChI=1S/C20H21N5O2/c1-3-14(2)19(26)22-23-20(27)17-21-18(15-10-6-4-7-11-15)25(24-17)16-12-8-5-9-13-16/h4-14H,3H2,1-2H3,(H,22,26)(H,23,27). The summed E-state index contributed by atoms with van der Waals surface area (Å²) in [6, 6.07) is 18.9. The molecule has 0 aliphatic carbocycles. The van der Waals surface area contributed by atoms with Crippen LogP contribution < -0.4 is 10.9 Å². The van der Waals surface area contributed by atoms with Gasteiger partial charge in [-0.1, -0.05) is 62.4 Å². The van der Waals surface area contributed by atoms with Gasteiger partial charge in [0.1, 0.15) is 0 Å². The van der Waals surface area contributed by atoms with Gasteiger partial charge in [0.15, 0.2) is 5.82 Å². The van der Waals surface area contributed by atoms with Gasteiger partial charge in [-0.3, -0.25) is 20.4 Å². The lowest BCUT2D eigenvalue weighted by Crippen LogP contribution is -2.44. The second-order valence-electron chi connectivity index (χ2n) is 6.13. The van der Waals surface area contributed by atoms with E-state index < -0.39 is 5.91 Å². The molecule has 138 valence electrons. The quantitative estimate of drug-likeness (QED) is 0.682. The van der Waals surface area contributed by atoms with E-state index in [0.29, 0.717) is 12.2 Å². The minimum atomic E-state index is -0.571. The summed E-state index contributed by atoms with van der Waals surface area (Å²) in [4.78, 5) is 28.7. The van der Waals surface area contributed by atoms with Gasteiger partial charge in [-0.15, -0.1) is 5.10 Å². The molecule has 2 N–H and O–H groups in total. The summed E-state index contributed by atoms with van der Waals surface area (Å²) >= 11 is 0. The number of aromatic nitrogens is 3. The lowest BCUT2D eigenvalue weighted by molar-refractivity contribution is -0.125. The molecule has 0 spiro atoms. The Morgan fingerprint density at radius 2 is 1.63 bits per heavy atom. The van der Waals surface area contributed by atoms with Crippen LogP contribution in [0.5, 0.6) is 0 Å². The molecule has 0 fully saturated rings. The molecule has 0 radical (unpaired) electrons. The zero-order chi connectivity index (χ0) is 19.2. The summed E-state index contributed by atoms with van der Waals surface area (Å²) < 4.78 is 1.61. The van der Waals surface area contributed by atoms with Crippen LogP contribution >= 0.6 is 0 Å². The number of hydrazine groups is 1. The van der Waals surface area contributed by atoms with Gasteiger partial charge in [-0.05, 0) is 18.6 Å². The van der Waals surface area contributed by atoms with Gasteiger partial charge in [0.05, 0.1) is 5.69 Å². The fourth-order valence-electron chi connectivity index (χ4n) is 2.41. The molecular formula is C20H21N5O2. The van der Waals surface area contributed by atoms with Gasteiger partial charge >= 0.3 is 5.91 Å². The fourth-order valence-corrected chi connectivity index (χ4v) is 2.41. The molecule has 1 unspecified atom stereocenters. The van der Waals surface area contributed by atoms with Crippen molar-refractivity contribution in [2.24, 2.45) is 5.92 Å². The Labute approximate surface area is 157 Å². The minimum absolute atomic E-state index is 0.0258. The van der Waals surface area contributed by atoms with Crippen molar-refractivity contribution in [2.75, 3.05) is 0 Å². The molecule has 0 aliphatic rings. The third kappa shape index (κ3) is 4.20. The van der Waals surface area contributed by atoms with Crippen LogP contribution in [0, 0.1) is 5.92 Å². The van der Waals surface area contributed by atoms with E-state index in [-0.39, 0.29) is 17.6 Å². The Hall–Kier alpha value is -3.48. The number of benzene rings is 2. The highest BCUT2D eigenvalue weighted by atomic mass is 16.2. The van der Waals surface area contributed by atoms with Crippen molar-refractivity contribution in [3.63, 3.8) is 0 Å². The third-order valence-corrected chi connectivity index (χ3v) is 4.20. The summed E-state index contributed by atoms with van der Waals surface area (Å²) in [5, 5.41) is 4.34. The minimum Gasteiger partial charge on any atom is -0.273 e. The summed E-state index contributed by atoms with van der Waals surface area (Å²) in [6.45, 7) is 3.69. The third-order valence-electron chi connectivity index (χ3n) is 4.20. The van der Waals surface area contributed by atoms with Crippen LogP contribution in [0.25, 0.3) is 17.1 Å². The molecule has 0 aliphatic heterocycles. The van der Waals surface area contributed by atoms with Crippen molar-refractivity contribution in [1.29, 1.82) is 0 Å². The number of rotatable bonds is 5. The normalized spacial score (nSPS) is 11.6. The Morgan fingerprint density at radius 3 is 2.26 bits per heavy atom. The smallest absolute Gasteiger partial charge is 0.273 e. The highest BCUT2D eigenvalue weighted by Crippen LogP contribution is 2.20. The van der Waals surface area contributed by atoms with E-state index in [1.807, 2.05) is 67.6 Å². The molecule has 2 aromatic carbocycles. The predicted molar refractivity (Wildman–Crippen MR) is 102 cm³/mol. The summed E-state index contributed by atoms with van der Waals surface area (Å²) in [7, 11) is 0. The SMILES string of the molecule is CCC(C)C(=O)NNC(=O)c1nc(-c2ccccc2)n(-c2ccccc2)n1. The maximum atomic E-state index is 12.4. The van der Waals surface area contributed by atoms with Crippen LogP contribution in [0.3, 0.4) is 0 Å². The number of hydrogen-bond donors (Lipinski definition) is 2. The first-order valence-corrected chi connectivity index (χ1v) is 8.78. The summed E-state index contributed by atoms with van der Waals surface area (Å²) in [5.74, 6) is -0.502. The molecule has 7 nitrogen and oxygen atoms in total. The van der Waals surface area contributed by atoms with E-state index in [1.54, 1.807) is 11.6 Å². The van der Waals surface area contributed by atoms with Crippen molar-refractivity contribution in [3.05, 3.63) is 66.5 Å². The van der Waals surface area contributed by atoms with Crippen molar-refractivity contribution < 1.29 is 9.59 Å². The first kappa shape index (κ1) is 18.3. The molecule has 2 amide bonds. The number of nitrogens with one attached hydrogen (secondary N) is 2. The second-order valence-corrected chi connectivity index (χ2v) is 6.13. The largest absolute Gasteiger partial charge is 0.309 e. The Morgan fingerprint density at radius 1 is 1.00 bits per heavy atom. The molecule has 0 saturated heterocycles. The van der Waals surface area contributed by atoms with Gasteiger partial charge in [0, 0.05) is 11.5 Å². The number of carbonyl (C=O) groups excluding carboxylic acids is 2. The van der Waals surface area contributed by atoms with Gasteiger partial charge in [0.2, 0.25) is 11.7 Å². The zero-order valence-electron chi connectivity index (χ0n) is 15.2. The predicted octanol–water partition coefficient (Wildman–Crippen LogP) is 2.74. The lowest BCUT2D eigenvalue weighted by atomic mass is 10.1. The Balaban J connectivity index is 1.90. The van der Waals surface area contributed by atoms with Gasteiger partial charge in [-0.25, -0.2) is 9.67 Å². The number of amides is 2. The molecule has 1 aromatic heterocycles. The molecule has 0 bridgehead atoms. The van der Waals surface area contributed by atoms with E-state index in [9.17, 15) is 9.59 Å². The molecular weight excluding hydrogens is 342 g/mol. The number of carbonyl (C=O) groups is 2. The fraction of sp³-hybridized carbons (Fsp3) is 0.200. The molecule has 0 saturated carbocycles. The van der Waals surface area contributed by atoms with E-state index in [1.165, 1.54) is 0 Å². The highest BCUT2D eigenvalue weighted by Gasteiger charge is 2.19. The van der Waals surface area contributed by atoms with E-state index in [2.05, 4.69) is 20.9 Å². The first-order valence-electron chi connectivity index (χ1n) is 8.78. The molecule has 3 aromatic rings. The van der Waals surface area contributed by atoms with Crippen molar-refractivity contribution in [3.8, 4) is 17.1 Å². The molecule has 1 heterocycles.